The van der Waals surface area contributed by atoms with Crippen molar-refractivity contribution in [1.29, 1.82) is 0 Å². The number of rotatable bonds is 5. The van der Waals surface area contributed by atoms with E-state index in [1.54, 1.807) is 12.1 Å². The molecule has 6 nitrogen and oxygen atoms in total. The Morgan fingerprint density at radius 1 is 1.09 bits per heavy atom. The van der Waals surface area contributed by atoms with Crippen LogP contribution in [0, 0.1) is 0 Å². The molecular formula is C15H15N3O3S. The van der Waals surface area contributed by atoms with Gasteiger partial charge in [0.1, 0.15) is 10.4 Å². The third-order valence-corrected chi connectivity index (χ3v) is 4.95. The Bertz CT molecular complexity index is 875. The van der Waals surface area contributed by atoms with Crippen LogP contribution in [-0.2, 0) is 10.0 Å². The second kappa shape index (κ2) is 5.86. The first-order valence-electron chi connectivity index (χ1n) is 6.90. The number of sulfonamides is 1. The van der Waals surface area contributed by atoms with Gasteiger partial charge in [-0.2, -0.15) is 0 Å². The van der Waals surface area contributed by atoms with Crippen LogP contribution in [0.1, 0.15) is 24.9 Å². The van der Waals surface area contributed by atoms with E-state index >= 15 is 0 Å². The zero-order valence-corrected chi connectivity index (χ0v) is 12.7. The molecule has 1 atom stereocenters. The Kier molecular flexibility index (Phi) is 3.91. The monoisotopic (exact) mass is 317 g/mol. The summed E-state index contributed by atoms with van der Waals surface area (Å²) < 4.78 is 32.7. The van der Waals surface area contributed by atoms with Gasteiger partial charge in [-0.15, -0.1) is 0 Å². The van der Waals surface area contributed by atoms with Crippen LogP contribution in [0.5, 0.6) is 0 Å². The maximum atomic E-state index is 12.7. The summed E-state index contributed by atoms with van der Waals surface area (Å²) in [5, 5.41) is 7.36. The van der Waals surface area contributed by atoms with Crippen LogP contribution in [-0.4, -0.2) is 18.7 Å². The van der Waals surface area contributed by atoms with Crippen LogP contribution < -0.4 is 4.72 Å². The first kappa shape index (κ1) is 14.7. The average molecular weight is 317 g/mol. The van der Waals surface area contributed by atoms with Crippen molar-refractivity contribution in [3.8, 4) is 0 Å². The lowest BCUT2D eigenvalue weighted by Crippen LogP contribution is -2.28. The van der Waals surface area contributed by atoms with Gasteiger partial charge >= 0.3 is 0 Å². The van der Waals surface area contributed by atoms with Gasteiger partial charge in [-0.1, -0.05) is 43.3 Å². The molecule has 0 amide bonds. The van der Waals surface area contributed by atoms with Gasteiger partial charge in [0.2, 0.25) is 10.0 Å². The molecule has 1 N–H and O–H groups in total. The van der Waals surface area contributed by atoms with Gasteiger partial charge in [0.15, 0.2) is 5.52 Å². The maximum Gasteiger partial charge on any atom is 0.243 e. The van der Waals surface area contributed by atoms with Crippen molar-refractivity contribution in [2.75, 3.05) is 0 Å². The molecule has 0 radical (unpaired) electrons. The lowest BCUT2D eigenvalue weighted by molar-refractivity contribution is 0.315. The number of fused-ring (bicyclic) bond motifs is 1. The molecular weight excluding hydrogens is 302 g/mol. The van der Waals surface area contributed by atoms with E-state index in [1.807, 2.05) is 37.3 Å². The van der Waals surface area contributed by atoms with E-state index in [0.29, 0.717) is 11.9 Å². The Morgan fingerprint density at radius 2 is 1.86 bits per heavy atom. The molecule has 3 aromatic rings. The van der Waals surface area contributed by atoms with Crippen molar-refractivity contribution in [3.63, 3.8) is 0 Å². The Balaban J connectivity index is 1.98. The summed E-state index contributed by atoms with van der Waals surface area (Å²) in [6, 6.07) is 13.9. The zero-order chi connectivity index (χ0) is 15.6. The maximum absolute atomic E-state index is 12.7. The number of hydrogen-bond acceptors (Lipinski definition) is 5. The molecule has 7 heteroatoms. The third kappa shape index (κ3) is 2.72. The molecule has 2 aromatic carbocycles. The zero-order valence-electron chi connectivity index (χ0n) is 11.9. The van der Waals surface area contributed by atoms with Crippen molar-refractivity contribution in [3.05, 3.63) is 54.1 Å². The van der Waals surface area contributed by atoms with Crippen LogP contribution in [0.2, 0.25) is 0 Å². The van der Waals surface area contributed by atoms with Crippen molar-refractivity contribution in [2.45, 2.75) is 24.3 Å². The normalized spacial score (nSPS) is 13.3. The second-order valence-corrected chi connectivity index (χ2v) is 6.56. The molecule has 0 aliphatic rings. The summed E-state index contributed by atoms with van der Waals surface area (Å²) in [4.78, 5) is 0.0700. The number of benzene rings is 2. The van der Waals surface area contributed by atoms with Gasteiger partial charge in [0, 0.05) is 6.04 Å². The molecule has 22 heavy (non-hydrogen) atoms. The van der Waals surface area contributed by atoms with Crippen molar-refractivity contribution in [2.24, 2.45) is 0 Å². The van der Waals surface area contributed by atoms with Crippen LogP contribution >= 0.6 is 0 Å². The van der Waals surface area contributed by atoms with Crippen LogP contribution in [0.15, 0.2) is 58.1 Å². The fourth-order valence-electron chi connectivity index (χ4n) is 2.32. The fraction of sp³-hybridized carbons (Fsp3) is 0.200. The van der Waals surface area contributed by atoms with Gasteiger partial charge in [-0.05, 0) is 34.4 Å². The molecule has 0 aliphatic carbocycles. The minimum absolute atomic E-state index is 0.0700. The Hall–Kier alpha value is -2.25. The molecule has 0 spiro atoms. The number of aromatic nitrogens is 2. The lowest BCUT2D eigenvalue weighted by Gasteiger charge is -2.17. The summed E-state index contributed by atoms with van der Waals surface area (Å²) in [5.74, 6) is 0. The van der Waals surface area contributed by atoms with E-state index in [2.05, 4.69) is 19.7 Å². The Labute approximate surface area is 128 Å². The highest BCUT2D eigenvalue weighted by molar-refractivity contribution is 7.89. The molecule has 1 heterocycles. The van der Waals surface area contributed by atoms with E-state index in [0.717, 1.165) is 5.56 Å². The molecule has 1 aromatic heterocycles. The molecule has 114 valence electrons. The van der Waals surface area contributed by atoms with E-state index < -0.39 is 10.0 Å². The SMILES string of the molecule is CC[C@@H](NS(=O)(=O)c1cccc2nonc12)c1ccccc1. The number of hydrogen-bond donors (Lipinski definition) is 1. The second-order valence-electron chi connectivity index (χ2n) is 4.88. The Morgan fingerprint density at radius 3 is 2.59 bits per heavy atom. The average Bonchev–Trinajstić information content (AvgIpc) is 3.01. The quantitative estimate of drug-likeness (QED) is 0.782. The molecule has 0 aliphatic heterocycles. The van der Waals surface area contributed by atoms with Crippen molar-refractivity contribution < 1.29 is 13.0 Å². The summed E-state index contributed by atoms with van der Waals surface area (Å²) in [6.45, 7) is 1.93. The van der Waals surface area contributed by atoms with Crippen molar-refractivity contribution >= 4 is 21.1 Å². The highest BCUT2D eigenvalue weighted by Gasteiger charge is 2.24. The smallest absolute Gasteiger partial charge is 0.243 e. The fourth-order valence-corrected chi connectivity index (χ4v) is 3.78. The topological polar surface area (TPSA) is 85.1 Å². The van der Waals surface area contributed by atoms with Gasteiger partial charge < -0.3 is 0 Å². The summed E-state index contributed by atoms with van der Waals surface area (Å²) >= 11 is 0. The van der Waals surface area contributed by atoms with Crippen LogP contribution in [0.3, 0.4) is 0 Å². The standard InChI is InChI=1S/C15H15N3O3S/c1-2-12(11-7-4-3-5-8-11)18-22(19,20)14-10-6-9-13-15(14)17-21-16-13/h3-10,12,18H,2H2,1H3/t12-/m1/s1. The largest absolute Gasteiger partial charge is 0.243 e. The third-order valence-electron chi connectivity index (χ3n) is 3.45. The molecule has 3 rings (SSSR count). The van der Waals surface area contributed by atoms with E-state index in [-0.39, 0.29) is 16.5 Å². The number of nitrogens with one attached hydrogen (secondary N) is 1. The van der Waals surface area contributed by atoms with Crippen molar-refractivity contribution in [1.82, 2.24) is 15.0 Å². The highest BCUT2D eigenvalue weighted by Crippen LogP contribution is 2.23. The van der Waals surface area contributed by atoms with E-state index in [9.17, 15) is 8.42 Å². The summed E-state index contributed by atoms with van der Waals surface area (Å²) in [6.07, 6.45) is 0.635. The molecule has 0 unspecified atom stereocenters. The van der Waals surface area contributed by atoms with Gasteiger partial charge in [-0.25, -0.2) is 17.8 Å². The van der Waals surface area contributed by atoms with Crippen LogP contribution in [0.4, 0.5) is 0 Å². The molecule has 0 saturated heterocycles. The summed E-state index contributed by atoms with van der Waals surface area (Å²) in [5.41, 5.74) is 1.56. The predicted octanol–water partition coefficient (Wildman–Crippen LogP) is 2.65. The molecule has 0 fully saturated rings. The van der Waals surface area contributed by atoms with Crippen LogP contribution in [0.25, 0.3) is 11.0 Å². The molecule has 0 bridgehead atoms. The van der Waals surface area contributed by atoms with Gasteiger partial charge in [-0.3, -0.25) is 0 Å². The minimum atomic E-state index is -3.73. The first-order valence-corrected chi connectivity index (χ1v) is 8.38. The highest BCUT2D eigenvalue weighted by atomic mass is 32.2. The number of nitrogens with zero attached hydrogens (tertiary/aromatic N) is 2. The van der Waals surface area contributed by atoms with Gasteiger partial charge in [0.25, 0.3) is 0 Å². The minimum Gasteiger partial charge on any atom is -0.243 e. The predicted molar refractivity (Wildman–Crippen MR) is 81.6 cm³/mol. The first-order chi connectivity index (χ1) is 10.6. The lowest BCUT2D eigenvalue weighted by atomic mass is 10.1. The van der Waals surface area contributed by atoms with E-state index in [1.165, 1.54) is 6.07 Å². The summed E-state index contributed by atoms with van der Waals surface area (Å²) in [7, 11) is -3.73. The molecule has 0 saturated carbocycles. The van der Waals surface area contributed by atoms with Gasteiger partial charge in [0.05, 0.1) is 0 Å². The van der Waals surface area contributed by atoms with E-state index in [4.69, 9.17) is 0 Å².